The predicted octanol–water partition coefficient (Wildman–Crippen LogP) is 4.53. The minimum Gasteiger partial charge on any atom is -0.349 e. The second kappa shape index (κ2) is 10.6. The van der Waals surface area contributed by atoms with Crippen molar-refractivity contribution in [2.24, 2.45) is 5.92 Å². The van der Waals surface area contributed by atoms with Crippen molar-refractivity contribution in [1.29, 1.82) is 0 Å². The molecule has 0 aromatic heterocycles. The Bertz CT molecular complexity index is 920. The molecular weight excluding hydrogens is 458 g/mol. The van der Waals surface area contributed by atoms with Crippen LogP contribution in [0.25, 0.3) is 0 Å². The van der Waals surface area contributed by atoms with Gasteiger partial charge in [0, 0.05) is 41.2 Å². The second-order valence-electron chi connectivity index (χ2n) is 7.83. The van der Waals surface area contributed by atoms with Crippen molar-refractivity contribution in [3.05, 3.63) is 64.1 Å². The first kappa shape index (κ1) is 23.0. The van der Waals surface area contributed by atoms with Crippen LogP contribution < -0.4 is 10.6 Å². The maximum atomic E-state index is 12.7. The summed E-state index contributed by atoms with van der Waals surface area (Å²) in [6.45, 7) is 4.91. The van der Waals surface area contributed by atoms with Gasteiger partial charge < -0.3 is 15.5 Å². The molecule has 1 fully saturated rings. The first-order valence-corrected chi connectivity index (χ1v) is 11.4. The molecule has 2 aromatic carbocycles. The Labute approximate surface area is 191 Å². The van der Waals surface area contributed by atoms with Crippen LogP contribution in [0.15, 0.2) is 53.0 Å². The summed E-state index contributed by atoms with van der Waals surface area (Å²) in [6.07, 6.45) is 1.74. The van der Waals surface area contributed by atoms with Crippen LogP contribution in [0.4, 0.5) is 5.69 Å². The van der Waals surface area contributed by atoms with E-state index in [9.17, 15) is 14.4 Å². The number of carbonyl (C=O) groups is 3. The fourth-order valence-corrected chi connectivity index (χ4v) is 3.90. The molecule has 2 N–H and O–H groups in total. The molecule has 0 spiro atoms. The summed E-state index contributed by atoms with van der Waals surface area (Å²) in [5.74, 6) is -0.0971. The highest BCUT2D eigenvalue weighted by Gasteiger charge is 2.28. The molecule has 164 valence electrons. The minimum absolute atomic E-state index is 0.00924. The van der Waals surface area contributed by atoms with Crippen LogP contribution in [-0.4, -0.2) is 35.7 Å². The molecule has 7 heteroatoms. The normalized spacial score (nSPS) is 15.3. The monoisotopic (exact) mass is 485 g/mol. The van der Waals surface area contributed by atoms with E-state index in [-0.39, 0.29) is 29.7 Å². The molecule has 2 aromatic rings. The highest BCUT2D eigenvalue weighted by Crippen LogP contribution is 2.22. The number of rotatable bonds is 6. The Morgan fingerprint density at radius 3 is 2.23 bits per heavy atom. The van der Waals surface area contributed by atoms with Crippen LogP contribution in [0.5, 0.6) is 0 Å². The standard InChI is InChI=1S/C24H28BrN3O3/c1-3-22(29)27-21-10-6-17(7-11-21)16(2)26-23(30)18-12-14-28(15-13-18)24(31)19-4-8-20(25)9-5-19/h4-11,16,18H,3,12-15H2,1-2H3,(H,26,30)(H,27,29). The Hall–Kier alpha value is -2.67. The zero-order valence-corrected chi connectivity index (χ0v) is 19.4. The average molecular weight is 486 g/mol. The number of carbonyl (C=O) groups excluding carboxylic acids is 3. The Balaban J connectivity index is 1.49. The van der Waals surface area contributed by atoms with Gasteiger partial charge in [0.2, 0.25) is 11.8 Å². The highest BCUT2D eigenvalue weighted by molar-refractivity contribution is 9.10. The van der Waals surface area contributed by atoms with E-state index in [0.29, 0.717) is 37.9 Å². The van der Waals surface area contributed by atoms with Crippen molar-refractivity contribution in [1.82, 2.24) is 10.2 Å². The summed E-state index contributed by atoms with van der Waals surface area (Å²) in [5, 5.41) is 5.90. The number of hydrogen-bond acceptors (Lipinski definition) is 3. The summed E-state index contributed by atoms with van der Waals surface area (Å²) in [5.41, 5.74) is 2.39. The smallest absolute Gasteiger partial charge is 0.253 e. The second-order valence-corrected chi connectivity index (χ2v) is 8.74. The number of amides is 3. The van der Waals surface area contributed by atoms with Crippen LogP contribution in [-0.2, 0) is 9.59 Å². The fraction of sp³-hybridized carbons (Fsp3) is 0.375. The van der Waals surface area contributed by atoms with Crippen molar-refractivity contribution in [3.63, 3.8) is 0 Å². The van der Waals surface area contributed by atoms with E-state index in [2.05, 4.69) is 26.6 Å². The molecule has 1 aliphatic rings. The third-order valence-corrected chi connectivity index (χ3v) is 6.15. The van der Waals surface area contributed by atoms with Gasteiger partial charge in [0.25, 0.3) is 5.91 Å². The van der Waals surface area contributed by atoms with Crippen molar-refractivity contribution >= 4 is 39.3 Å². The number of likely N-dealkylation sites (tertiary alicyclic amines) is 1. The van der Waals surface area contributed by atoms with Gasteiger partial charge in [0.15, 0.2) is 0 Å². The zero-order valence-electron chi connectivity index (χ0n) is 17.9. The molecule has 6 nitrogen and oxygen atoms in total. The molecular formula is C24H28BrN3O3. The van der Waals surface area contributed by atoms with Crippen LogP contribution in [0.2, 0.25) is 0 Å². The van der Waals surface area contributed by atoms with Crippen molar-refractivity contribution in [3.8, 4) is 0 Å². The number of halogens is 1. The van der Waals surface area contributed by atoms with Gasteiger partial charge in [-0.1, -0.05) is 35.0 Å². The maximum absolute atomic E-state index is 12.7. The van der Waals surface area contributed by atoms with Gasteiger partial charge in [0.1, 0.15) is 0 Å². The molecule has 0 aliphatic carbocycles. The number of hydrogen-bond donors (Lipinski definition) is 2. The number of piperidine rings is 1. The van der Waals surface area contributed by atoms with Crippen LogP contribution >= 0.6 is 15.9 Å². The summed E-state index contributed by atoms with van der Waals surface area (Å²) in [6, 6.07) is 14.7. The van der Waals surface area contributed by atoms with Crippen LogP contribution in [0.1, 0.15) is 55.1 Å². The van der Waals surface area contributed by atoms with Crippen molar-refractivity contribution in [2.75, 3.05) is 18.4 Å². The van der Waals surface area contributed by atoms with E-state index in [0.717, 1.165) is 15.7 Å². The largest absolute Gasteiger partial charge is 0.349 e. The summed E-state index contributed by atoms with van der Waals surface area (Å²) >= 11 is 3.38. The van der Waals surface area contributed by atoms with E-state index in [1.54, 1.807) is 0 Å². The first-order valence-electron chi connectivity index (χ1n) is 10.6. The van der Waals surface area contributed by atoms with Gasteiger partial charge in [0.05, 0.1) is 6.04 Å². The number of nitrogens with zero attached hydrogens (tertiary/aromatic N) is 1. The minimum atomic E-state index is -0.133. The summed E-state index contributed by atoms with van der Waals surface area (Å²) in [7, 11) is 0. The van der Waals surface area contributed by atoms with E-state index in [4.69, 9.17) is 0 Å². The van der Waals surface area contributed by atoms with Crippen molar-refractivity contribution < 1.29 is 14.4 Å². The van der Waals surface area contributed by atoms with Gasteiger partial charge >= 0.3 is 0 Å². The third-order valence-electron chi connectivity index (χ3n) is 5.62. The zero-order chi connectivity index (χ0) is 22.4. The highest BCUT2D eigenvalue weighted by atomic mass is 79.9. The molecule has 0 bridgehead atoms. The lowest BCUT2D eigenvalue weighted by Crippen LogP contribution is -2.43. The summed E-state index contributed by atoms with van der Waals surface area (Å²) < 4.78 is 0.939. The van der Waals surface area contributed by atoms with E-state index >= 15 is 0 Å². The lowest BCUT2D eigenvalue weighted by molar-refractivity contribution is -0.127. The molecule has 0 saturated carbocycles. The van der Waals surface area contributed by atoms with Crippen molar-refractivity contribution in [2.45, 2.75) is 39.2 Å². The lowest BCUT2D eigenvalue weighted by Gasteiger charge is -2.32. The Morgan fingerprint density at radius 1 is 1.03 bits per heavy atom. The molecule has 3 amide bonds. The van der Waals surface area contributed by atoms with Gasteiger partial charge in [-0.05, 0) is 61.7 Å². The van der Waals surface area contributed by atoms with Gasteiger partial charge in [-0.3, -0.25) is 14.4 Å². The summed E-state index contributed by atoms with van der Waals surface area (Å²) in [4.78, 5) is 38.7. The maximum Gasteiger partial charge on any atom is 0.253 e. The van der Waals surface area contributed by atoms with Crippen LogP contribution in [0, 0.1) is 5.92 Å². The average Bonchev–Trinajstić information content (AvgIpc) is 2.79. The topological polar surface area (TPSA) is 78.5 Å². The number of anilines is 1. The van der Waals surface area contributed by atoms with Gasteiger partial charge in [-0.2, -0.15) is 0 Å². The van der Waals surface area contributed by atoms with E-state index in [1.165, 1.54) is 0 Å². The lowest BCUT2D eigenvalue weighted by atomic mass is 9.94. The van der Waals surface area contributed by atoms with Gasteiger partial charge in [-0.15, -0.1) is 0 Å². The molecule has 3 rings (SSSR count). The molecule has 1 saturated heterocycles. The first-order chi connectivity index (χ1) is 14.9. The SMILES string of the molecule is CCC(=O)Nc1ccc(C(C)NC(=O)C2CCN(C(=O)c3ccc(Br)cc3)CC2)cc1. The molecule has 1 atom stereocenters. The molecule has 1 aliphatic heterocycles. The van der Waals surface area contributed by atoms with E-state index < -0.39 is 0 Å². The Morgan fingerprint density at radius 2 is 1.65 bits per heavy atom. The number of benzene rings is 2. The quantitative estimate of drug-likeness (QED) is 0.630. The fourth-order valence-electron chi connectivity index (χ4n) is 3.64. The number of nitrogens with one attached hydrogen (secondary N) is 2. The predicted molar refractivity (Wildman–Crippen MR) is 125 cm³/mol. The van der Waals surface area contributed by atoms with Gasteiger partial charge in [-0.25, -0.2) is 0 Å². The van der Waals surface area contributed by atoms with E-state index in [1.807, 2.05) is 67.3 Å². The Kier molecular flexibility index (Phi) is 7.85. The third kappa shape index (κ3) is 6.17. The molecule has 1 heterocycles. The molecule has 0 radical (unpaired) electrons. The van der Waals surface area contributed by atoms with Crippen LogP contribution in [0.3, 0.4) is 0 Å². The molecule has 31 heavy (non-hydrogen) atoms. The molecule has 1 unspecified atom stereocenters.